The first-order valence-electron chi connectivity index (χ1n) is 8.30. The molecule has 5 nitrogen and oxygen atoms in total. The van der Waals surface area contributed by atoms with Gasteiger partial charge in [-0.1, -0.05) is 23.7 Å². The molecule has 0 fully saturated rings. The minimum absolute atomic E-state index is 0.0250. The first-order chi connectivity index (χ1) is 13.6. The van der Waals surface area contributed by atoms with E-state index in [4.69, 9.17) is 20.8 Å². The molecule has 0 saturated carbocycles. The van der Waals surface area contributed by atoms with Gasteiger partial charge >= 0.3 is 12.1 Å². The number of hydrogen-bond donors (Lipinski definition) is 0. The Kier molecular flexibility index (Phi) is 5.57. The molecular formula is C20H14ClF3O5. The summed E-state index contributed by atoms with van der Waals surface area (Å²) in [5, 5.41) is 0.245. The molecule has 1 heterocycles. The van der Waals surface area contributed by atoms with Gasteiger partial charge in [0.2, 0.25) is 11.2 Å². The molecule has 1 atom stereocenters. The highest BCUT2D eigenvalue weighted by Crippen LogP contribution is 2.38. The zero-order valence-corrected chi connectivity index (χ0v) is 15.9. The molecule has 0 saturated heterocycles. The molecule has 0 aliphatic heterocycles. The van der Waals surface area contributed by atoms with Crippen LogP contribution in [0.2, 0.25) is 5.02 Å². The van der Waals surface area contributed by atoms with Gasteiger partial charge < -0.3 is 13.9 Å². The number of rotatable bonds is 4. The largest absolute Gasteiger partial charge is 0.479 e. The van der Waals surface area contributed by atoms with Crippen LogP contribution in [0.4, 0.5) is 13.2 Å². The average Bonchev–Trinajstić information content (AvgIpc) is 2.67. The number of carbonyl (C=O) groups excluding carboxylic acids is 1. The van der Waals surface area contributed by atoms with Crippen LogP contribution in [-0.2, 0) is 15.7 Å². The van der Waals surface area contributed by atoms with E-state index >= 15 is 0 Å². The maximum atomic E-state index is 13.6. The average molecular weight is 427 g/mol. The number of carbonyl (C=O) groups is 1. The Morgan fingerprint density at radius 2 is 1.79 bits per heavy atom. The molecule has 3 aromatic rings. The zero-order chi connectivity index (χ0) is 21.3. The van der Waals surface area contributed by atoms with Crippen molar-refractivity contribution in [1.29, 1.82) is 0 Å². The van der Waals surface area contributed by atoms with E-state index in [2.05, 4.69) is 4.74 Å². The van der Waals surface area contributed by atoms with E-state index in [1.807, 2.05) is 0 Å². The van der Waals surface area contributed by atoms with Gasteiger partial charge in [-0.05, 0) is 36.8 Å². The molecule has 9 heteroatoms. The van der Waals surface area contributed by atoms with Crippen molar-refractivity contribution < 1.29 is 31.9 Å². The lowest BCUT2D eigenvalue weighted by Crippen LogP contribution is -2.24. The van der Waals surface area contributed by atoms with E-state index < -0.39 is 35.0 Å². The standard InChI is InChI=1S/C20H14ClF3O5/c1-10(19(26)27-2)28-13-7-8-14-15(9-13)29-18(20(22,23)24)16(17(14)25)11-3-5-12(21)6-4-11/h3-10H,1-2H3. The minimum atomic E-state index is -4.92. The summed E-state index contributed by atoms with van der Waals surface area (Å²) in [6.45, 7) is 1.41. The van der Waals surface area contributed by atoms with Crippen LogP contribution in [0.25, 0.3) is 22.1 Å². The van der Waals surface area contributed by atoms with Crippen molar-refractivity contribution in [3.8, 4) is 16.9 Å². The predicted octanol–water partition coefficient (Wildman–Crippen LogP) is 5.07. The van der Waals surface area contributed by atoms with Gasteiger partial charge in [0.05, 0.1) is 18.1 Å². The second kappa shape index (κ2) is 7.79. The van der Waals surface area contributed by atoms with Crippen LogP contribution in [0.1, 0.15) is 12.7 Å². The van der Waals surface area contributed by atoms with Gasteiger partial charge in [-0.25, -0.2) is 4.79 Å². The third kappa shape index (κ3) is 4.22. The van der Waals surface area contributed by atoms with E-state index in [0.717, 1.165) is 6.07 Å². The summed E-state index contributed by atoms with van der Waals surface area (Å²) in [6.07, 6.45) is -5.92. The van der Waals surface area contributed by atoms with E-state index in [1.165, 1.54) is 50.4 Å². The minimum Gasteiger partial charge on any atom is -0.479 e. The van der Waals surface area contributed by atoms with Gasteiger partial charge in [0.25, 0.3) is 0 Å². The number of esters is 1. The number of ether oxygens (including phenoxy) is 2. The summed E-state index contributed by atoms with van der Waals surface area (Å²) >= 11 is 5.78. The molecule has 0 aliphatic rings. The highest BCUT2D eigenvalue weighted by atomic mass is 35.5. The van der Waals surface area contributed by atoms with Crippen molar-refractivity contribution in [3.05, 3.63) is 63.5 Å². The van der Waals surface area contributed by atoms with Crippen LogP contribution in [0.3, 0.4) is 0 Å². The number of methoxy groups -OCH3 is 1. The maximum absolute atomic E-state index is 13.6. The normalized spacial score (nSPS) is 12.6. The second-order valence-electron chi connectivity index (χ2n) is 6.08. The molecule has 0 N–H and O–H groups in total. The Morgan fingerprint density at radius 1 is 1.14 bits per heavy atom. The lowest BCUT2D eigenvalue weighted by atomic mass is 10.0. The Bertz CT molecular complexity index is 1120. The first-order valence-corrected chi connectivity index (χ1v) is 8.68. The first kappa shape index (κ1) is 20.7. The molecule has 0 spiro atoms. The van der Waals surface area contributed by atoms with Crippen LogP contribution in [0, 0.1) is 0 Å². The highest BCUT2D eigenvalue weighted by molar-refractivity contribution is 6.30. The van der Waals surface area contributed by atoms with Crippen molar-refractivity contribution in [2.75, 3.05) is 7.11 Å². The Labute approximate surface area is 167 Å². The molecule has 3 rings (SSSR count). The zero-order valence-electron chi connectivity index (χ0n) is 15.2. The van der Waals surface area contributed by atoms with Crippen molar-refractivity contribution in [2.45, 2.75) is 19.2 Å². The highest BCUT2D eigenvalue weighted by Gasteiger charge is 2.39. The van der Waals surface area contributed by atoms with Crippen molar-refractivity contribution in [1.82, 2.24) is 0 Å². The summed E-state index contributed by atoms with van der Waals surface area (Å²) in [7, 11) is 1.18. The van der Waals surface area contributed by atoms with Crippen molar-refractivity contribution >= 4 is 28.5 Å². The van der Waals surface area contributed by atoms with Gasteiger partial charge in [0, 0.05) is 11.1 Å². The third-order valence-corrected chi connectivity index (χ3v) is 4.35. The molecule has 2 aromatic carbocycles. The van der Waals surface area contributed by atoms with Gasteiger partial charge in [0.1, 0.15) is 11.3 Å². The summed E-state index contributed by atoms with van der Waals surface area (Å²) in [6, 6.07) is 9.14. The second-order valence-corrected chi connectivity index (χ2v) is 6.52. The van der Waals surface area contributed by atoms with E-state index in [0.29, 0.717) is 5.02 Å². The van der Waals surface area contributed by atoms with Gasteiger partial charge in [-0.2, -0.15) is 13.2 Å². The smallest absolute Gasteiger partial charge is 0.450 e. The summed E-state index contributed by atoms with van der Waals surface area (Å²) in [5.41, 5.74) is -1.77. The molecule has 152 valence electrons. The SMILES string of the molecule is COC(=O)C(C)Oc1ccc2c(=O)c(-c3ccc(Cl)cc3)c(C(F)(F)F)oc2c1. The lowest BCUT2D eigenvalue weighted by molar-refractivity contribution is -0.152. The van der Waals surface area contributed by atoms with Crippen LogP contribution in [0.5, 0.6) is 5.75 Å². The van der Waals surface area contributed by atoms with Crippen molar-refractivity contribution in [3.63, 3.8) is 0 Å². The number of halogens is 4. The number of hydrogen-bond acceptors (Lipinski definition) is 5. The fraction of sp³-hybridized carbons (Fsp3) is 0.200. The summed E-state index contributed by atoms with van der Waals surface area (Å²) in [4.78, 5) is 24.3. The fourth-order valence-electron chi connectivity index (χ4n) is 2.74. The van der Waals surface area contributed by atoms with E-state index in [1.54, 1.807) is 0 Å². The topological polar surface area (TPSA) is 65.7 Å². The number of alkyl halides is 3. The number of fused-ring (bicyclic) bond motifs is 1. The molecule has 0 aliphatic carbocycles. The molecule has 0 radical (unpaired) electrons. The van der Waals surface area contributed by atoms with Gasteiger partial charge in [0.15, 0.2) is 6.10 Å². The molecular weight excluding hydrogens is 413 g/mol. The lowest BCUT2D eigenvalue weighted by Gasteiger charge is -2.15. The van der Waals surface area contributed by atoms with Gasteiger partial charge in [-0.15, -0.1) is 0 Å². The molecule has 0 bridgehead atoms. The van der Waals surface area contributed by atoms with Gasteiger partial charge in [-0.3, -0.25) is 4.79 Å². The monoisotopic (exact) mass is 426 g/mol. The maximum Gasteiger partial charge on any atom is 0.450 e. The number of benzene rings is 2. The quantitative estimate of drug-likeness (QED) is 0.545. The molecule has 29 heavy (non-hydrogen) atoms. The van der Waals surface area contributed by atoms with Crippen LogP contribution in [0.15, 0.2) is 51.7 Å². The van der Waals surface area contributed by atoms with Crippen LogP contribution < -0.4 is 10.2 Å². The van der Waals surface area contributed by atoms with E-state index in [-0.39, 0.29) is 22.3 Å². The predicted molar refractivity (Wildman–Crippen MR) is 100 cm³/mol. The fourth-order valence-corrected chi connectivity index (χ4v) is 2.87. The molecule has 0 amide bonds. The molecule has 1 unspecified atom stereocenters. The van der Waals surface area contributed by atoms with Crippen LogP contribution >= 0.6 is 11.6 Å². The summed E-state index contributed by atoms with van der Waals surface area (Å²) < 4.78 is 55.8. The van der Waals surface area contributed by atoms with Crippen LogP contribution in [-0.4, -0.2) is 19.2 Å². The summed E-state index contributed by atoms with van der Waals surface area (Å²) in [5.74, 6) is -2.05. The van der Waals surface area contributed by atoms with Crippen molar-refractivity contribution in [2.24, 2.45) is 0 Å². The Hall–Kier alpha value is -3.00. The molecule has 1 aromatic heterocycles. The Balaban J connectivity index is 2.19. The Morgan fingerprint density at radius 3 is 2.38 bits per heavy atom. The van der Waals surface area contributed by atoms with E-state index in [9.17, 15) is 22.8 Å². The third-order valence-electron chi connectivity index (χ3n) is 4.10.